The maximum absolute atomic E-state index is 13.2. The highest BCUT2D eigenvalue weighted by atomic mass is 16.6. The Morgan fingerprint density at radius 1 is 1.11 bits per heavy atom. The van der Waals surface area contributed by atoms with Gasteiger partial charge in [0.2, 0.25) is 5.78 Å². The zero-order valence-electron chi connectivity index (χ0n) is 17.5. The van der Waals surface area contributed by atoms with Crippen molar-refractivity contribution in [3.63, 3.8) is 0 Å². The van der Waals surface area contributed by atoms with Crippen LogP contribution in [0.25, 0.3) is 0 Å². The zero-order chi connectivity index (χ0) is 21.1. The Balaban J connectivity index is 2.02. The lowest BCUT2D eigenvalue weighted by molar-refractivity contribution is -0.204. The van der Waals surface area contributed by atoms with E-state index in [0.717, 1.165) is 0 Å². The molecule has 0 spiro atoms. The van der Waals surface area contributed by atoms with Crippen LogP contribution < -0.4 is 0 Å². The molecule has 2 saturated heterocycles. The van der Waals surface area contributed by atoms with Gasteiger partial charge in [-0.2, -0.15) is 0 Å². The average Bonchev–Trinajstić information content (AvgIpc) is 2.71. The third-order valence-electron chi connectivity index (χ3n) is 6.30. The molecule has 7 nitrogen and oxygen atoms in total. The summed E-state index contributed by atoms with van der Waals surface area (Å²) in [5, 5.41) is 0. The number of Topliss-reactive ketones (excluding diaryl/α,β-unsaturated/α-hetero) is 1. The van der Waals surface area contributed by atoms with Crippen LogP contribution in [0.5, 0.6) is 0 Å². The van der Waals surface area contributed by atoms with Gasteiger partial charge in [-0.1, -0.05) is 6.92 Å². The fourth-order valence-electron chi connectivity index (χ4n) is 4.43. The highest BCUT2D eigenvalue weighted by molar-refractivity contribution is 6.00. The van der Waals surface area contributed by atoms with E-state index < -0.39 is 57.7 Å². The molecule has 28 heavy (non-hydrogen) atoms. The van der Waals surface area contributed by atoms with E-state index in [-0.39, 0.29) is 25.7 Å². The molecule has 0 aromatic rings. The molecule has 4 fully saturated rings. The number of ketones is 1. The first-order valence-electron chi connectivity index (χ1n) is 9.95. The zero-order valence-corrected chi connectivity index (χ0v) is 17.5. The van der Waals surface area contributed by atoms with Crippen molar-refractivity contribution in [2.24, 2.45) is 16.7 Å². The van der Waals surface area contributed by atoms with Gasteiger partial charge in [-0.25, -0.2) is 0 Å². The third kappa shape index (κ3) is 3.33. The first-order valence-corrected chi connectivity index (χ1v) is 9.95. The SMILES string of the molecule is CCC(C)(C)C(=O)OC12CC3CC(C(=O)OC(C)(C)C)(CC(OC3=O)C1=O)C2. The van der Waals surface area contributed by atoms with Gasteiger partial charge in [-0.3, -0.25) is 19.2 Å². The van der Waals surface area contributed by atoms with Crippen molar-refractivity contribution < 1.29 is 33.4 Å². The summed E-state index contributed by atoms with van der Waals surface area (Å²) in [4.78, 5) is 51.6. The number of hydrogen-bond acceptors (Lipinski definition) is 7. The van der Waals surface area contributed by atoms with Crippen molar-refractivity contribution >= 4 is 23.7 Å². The second-order valence-corrected chi connectivity index (χ2v) is 10.2. The highest BCUT2D eigenvalue weighted by Crippen LogP contribution is 2.57. The number of carbonyl (C=O) groups excluding carboxylic acids is 4. The lowest BCUT2D eigenvalue weighted by atomic mass is 9.56. The predicted octanol–water partition coefficient (Wildman–Crippen LogP) is 2.73. The molecular weight excluding hydrogens is 364 g/mol. The first-order chi connectivity index (χ1) is 12.7. The molecule has 4 atom stereocenters. The lowest BCUT2D eigenvalue weighted by Gasteiger charge is -2.50. The van der Waals surface area contributed by atoms with Crippen molar-refractivity contribution in [1.29, 1.82) is 0 Å². The average molecular weight is 394 g/mol. The van der Waals surface area contributed by atoms with Crippen LogP contribution in [0.15, 0.2) is 0 Å². The van der Waals surface area contributed by atoms with E-state index in [1.165, 1.54) is 0 Å². The normalized spacial score (nSPS) is 34.6. The van der Waals surface area contributed by atoms with E-state index in [9.17, 15) is 19.2 Å². The fraction of sp³-hybridized carbons (Fsp3) is 0.810. The predicted molar refractivity (Wildman–Crippen MR) is 98.0 cm³/mol. The van der Waals surface area contributed by atoms with Gasteiger partial charge < -0.3 is 14.2 Å². The van der Waals surface area contributed by atoms with Crippen LogP contribution in [-0.4, -0.2) is 41.0 Å². The number of esters is 3. The number of ether oxygens (including phenoxy) is 3. The van der Waals surface area contributed by atoms with Crippen molar-refractivity contribution in [2.75, 3.05) is 0 Å². The van der Waals surface area contributed by atoms with Gasteiger partial charge in [0.1, 0.15) is 5.60 Å². The van der Waals surface area contributed by atoms with Crippen molar-refractivity contribution in [1.82, 2.24) is 0 Å². The molecule has 0 radical (unpaired) electrons. The molecule has 2 saturated carbocycles. The first kappa shape index (κ1) is 20.8. The molecule has 2 aliphatic heterocycles. The Labute approximate surface area is 165 Å². The molecule has 2 heterocycles. The second-order valence-electron chi connectivity index (χ2n) is 10.2. The largest absolute Gasteiger partial charge is 0.460 e. The van der Waals surface area contributed by atoms with Gasteiger partial charge in [0, 0.05) is 19.3 Å². The van der Waals surface area contributed by atoms with Crippen LogP contribution in [0.1, 0.15) is 73.6 Å². The quantitative estimate of drug-likeness (QED) is 0.534. The van der Waals surface area contributed by atoms with Gasteiger partial charge in [0.05, 0.1) is 16.7 Å². The van der Waals surface area contributed by atoms with Crippen LogP contribution in [0.4, 0.5) is 0 Å². The highest BCUT2D eigenvalue weighted by Gasteiger charge is 2.68. The standard InChI is InChI=1S/C21H30O7/c1-7-19(5,6)16(24)28-21-9-12-8-20(11-21,17(25)27-18(2,3)4)10-13(14(21)22)26-15(12)23/h12-13H,7-11H2,1-6H3. The van der Waals surface area contributed by atoms with Gasteiger partial charge in [0.25, 0.3) is 0 Å². The Morgan fingerprint density at radius 2 is 1.75 bits per heavy atom. The van der Waals surface area contributed by atoms with Crippen molar-refractivity contribution in [3.05, 3.63) is 0 Å². The molecule has 0 aromatic carbocycles. The van der Waals surface area contributed by atoms with Gasteiger partial charge in [-0.05, 0) is 47.5 Å². The third-order valence-corrected chi connectivity index (χ3v) is 6.30. The summed E-state index contributed by atoms with van der Waals surface area (Å²) in [6, 6.07) is 0. The Bertz CT molecular complexity index is 732. The molecule has 4 aliphatic rings. The van der Waals surface area contributed by atoms with Crippen molar-refractivity contribution in [2.45, 2.75) is 91.0 Å². The van der Waals surface area contributed by atoms with Gasteiger partial charge in [0.15, 0.2) is 11.7 Å². The molecule has 4 rings (SSSR count). The summed E-state index contributed by atoms with van der Waals surface area (Å²) in [5.41, 5.74) is -4.07. The minimum absolute atomic E-state index is 0.0446. The molecule has 2 aliphatic carbocycles. The van der Waals surface area contributed by atoms with Crippen LogP contribution in [0.2, 0.25) is 0 Å². The van der Waals surface area contributed by atoms with E-state index in [1.54, 1.807) is 34.6 Å². The molecule has 0 N–H and O–H groups in total. The summed E-state index contributed by atoms with van der Waals surface area (Å²) in [5.74, 6) is -2.55. The Hall–Kier alpha value is -1.92. The fourth-order valence-corrected chi connectivity index (χ4v) is 4.43. The number of carbonyl (C=O) groups is 4. The molecule has 0 aromatic heterocycles. The van der Waals surface area contributed by atoms with E-state index in [0.29, 0.717) is 6.42 Å². The van der Waals surface area contributed by atoms with Gasteiger partial charge in [-0.15, -0.1) is 0 Å². The monoisotopic (exact) mass is 394 g/mol. The smallest absolute Gasteiger partial charge is 0.312 e. The summed E-state index contributed by atoms with van der Waals surface area (Å²) in [6.45, 7) is 10.7. The minimum atomic E-state index is -1.52. The van der Waals surface area contributed by atoms with Crippen LogP contribution >= 0.6 is 0 Å². The molecule has 156 valence electrons. The van der Waals surface area contributed by atoms with E-state index in [2.05, 4.69) is 0 Å². The molecule has 4 bridgehead atoms. The number of rotatable bonds is 4. The lowest BCUT2D eigenvalue weighted by Crippen LogP contribution is -2.62. The summed E-state index contributed by atoms with van der Waals surface area (Å²) < 4.78 is 16.8. The van der Waals surface area contributed by atoms with E-state index >= 15 is 0 Å². The van der Waals surface area contributed by atoms with Gasteiger partial charge >= 0.3 is 17.9 Å². The summed E-state index contributed by atoms with van der Waals surface area (Å²) in [7, 11) is 0. The van der Waals surface area contributed by atoms with Crippen LogP contribution in [0, 0.1) is 16.7 Å². The summed E-state index contributed by atoms with van der Waals surface area (Å²) in [6.07, 6.45) is -0.102. The van der Waals surface area contributed by atoms with Crippen LogP contribution in [-0.2, 0) is 33.4 Å². The Kier molecular flexibility index (Phi) is 4.67. The minimum Gasteiger partial charge on any atom is -0.460 e. The number of hydrogen-bond donors (Lipinski definition) is 0. The maximum Gasteiger partial charge on any atom is 0.312 e. The number of fused-ring (bicyclic) bond motifs is 1. The topological polar surface area (TPSA) is 96.0 Å². The second kappa shape index (κ2) is 6.29. The van der Waals surface area contributed by atoms with E-state index in [4.69, 9.17) is 14.2 Å². The molecular formula is C21H30O7. The molecule has 0 amide bonds. The van der Waals surface area contributed by atoms with Crippen LogP contribution in [0.3, 0.4) is 0 Å². The van der Waals surface area contributed by atoms with Crippen molar-refractivity contribution in [3.8, 4) is 0 Å². The molecule has 4 unspecified atom stereocenters. The van der Waals surface area contributed by atoms with E-state index in [1.807, 2.05) is 6.92 Å². The molecule has 7 heteroatoms. The summed E-state index contributed by atoms with van der Waals surface area (Å²) >= 11 is 0. The maximum atomic E-state index is 13.2. The Morgan fingerprint density at radius 3 is 2.32 bits per heavy atom.